The van der Waals surface area contributed by atoms with Gasteiger partial charge in [0.2, 0.25) is 0 Å². The van der Waals surface area contributed by atoms with Crippen molar-refractivity contribution in [2.24, 2.45) is 0 Å². The number of benzene rings is 1. The zero-order valence-electron chi connectivity index (χ0n) is 11.6. The van der Waals surface area contributed by atoms with Crippen LogP contribution in [-0.4, -0.2) is 11.5 Å². The van der Waals surface area contributed by atoms with Crippen LogP contribution in [-0.2, 0) is 6.42 Å². The molecule has 0 bridgehead atoms. The average Bonchev–Trinajstić information content (AvgIpc) is 2.85. The van der Waals surface area contributed by atoms with Crippen LogP contribution in [0.15, 0.2) is 23.6 Å². The summed E-state index contributed by atoms with van der Waals surface area (Å²) in [4.78, 5) is 4.54. The minimum Gasteiger partial charge on any atom is -0.308 e. The lowest BCUT2D eigenvalue weighted by Crippen LogP contribution is -2.24. The van der Waals surface area contributed by atoms with Gasteiger partial charge >= 0.3 is 0 Å². The molecule has 1 aromatic carbocycles. The van der Waals surface area contributed by atoms with E-state index < -0.39 is 0 Å². The lowest BCUT2D eigenvalue weighted by Gasteiger charge is -2.17. The third kappa shape index (κ3) is 4.01. The van der Waals surface area contributed by atoms with Crippen LogP contribution >= 0.6 is 22.9 Å². The summed E-state index contributed by atoms with van der Waals surface area (Å²) < 4.78 is 13.5. The number of thiazole rings is 1. The molecule has 1 heterocycles. The molecule has 2 rings (SSSR count). The normalized spacial score (nSPS) is 12.6. The summed E-state index contributed by atoms with van der Waals surface area (Å²) >= 11 is 7.36. The van der Waals surface area contributed by atoms with Crippen molar-refractivity contribution in [3.05, 3.63) is 50.7 Å². The van der Waals surface area contributed by atoms with Crippen LogP contribution in [0.3, 0.4) is 0 Å². The number of nitrogens with zero attached hydrogens (tertiary/aromatic N) is 1. The van der Waals surface area contributed by atoms with E-state index >= 15 is 0 Å². The highest BCUT2D eigenvalue weighted by molar-refractivity contribution is 7.09. The number of rotatable bonds is 6. The van der Waals surface area contributed by atoms with E-state index in [-0.39, 0.29) is 16.9 Å². The smallest absolute Gasteiger partial charge is 0.142 e. The Morgan fingerprint density at radius 3 is 2.85 bits per heavy atom. The Morgan fingerprint density at radius 1 is 1.45 bits per heavy atom. The van der Waals surface area contributed by atoms with Crippen molar-refractivity contribution < 1.29 is 4.39 Å². The molecule has 0 aliphatic rings. The third-order valence-electron chi connectivity index (χ3n) is 3.06. The van der Waals surface area contributed by atoms with E-state index in [0.717, 1.165) is 29.2 Å². The van der Waals surface area contributed by atoms with Crippen molar-refractivity contribution in [1.29, 1.82) is 0 Å². The summed E-state index contributed by atoms with van der Waals surface area (Å²) in [6.45, 7) is 5.03. The summed E-state index contributed by atoms with van der Waals surface area (Å²) in [5.74, 6) is -0.368. The predicted octanol–water partition coefficient (Wildman–Crippen LogP) is 4.53. The van der Waals surface area contributed by atoms with E-state index in [4.69, 9.17) is 11.6 Å². The number of nitrogens with one attached hydrogen (secondary N) is 1. The highest BCUT2D eigenvalue weighted by Crippen LogP contribution is 2.23. The third-order valence-corrected chi connectivity index (χ3v) is 4.16. The molecule has 0 spiro atoms. The molecule has 2 nitrogen and oxygen atoms in total. The molecular formula is C15H18ClFN2S. The van der Waals surface area contributed by atoms with Crippen LogP contribution in [0.5, 0.6) is 0 Å². The Labute approximate surface area is 128 Å². The fourth-order valence-electron chi connectivity index (χ4n) is 2.04. The molecule has 1 atom stereocenters. The summed E-state index contributed by atoms with van der Waals surface area (Å²) in [6, 6.07) is 5.09. The summed E-state index contributed by atoms with van der Waals surface area (Å²) in [5, 5.41) is 6.74. The first-order valence-corrected chi connectivity index (χ1v) is 7.95. The molecule has 0 amide bonds. The van der Waals surface area contributed by atoms with Gasteiger partial charge in [-0.2, -0.15) is 0 Å². The van der Waals surface area contributed by atoms with E-state index in [0.29, 0.717) is 6.42 Å². The highest BCUT2D eigenvalue weighted by Gasteiger charge is 2.15. The van der Waals surface area contributed by atoms with E-state index in [1.54, 1.807) is 17.4 Å². The van der Waals surface area contributed by atoms with Gasteiger partial charge in [0.15, 0.2) is 0 Å². The molecule has 1 aromatic heterocycles. The Bertz CT molecular complexity index is 571. The number of hydrogen-bond donors (Lipinski definition) is 1. The molecule has 0 saturated carbocycles. The van der Waals surface area contributed by atoms with Crippen LogP contribution in [0, 0.1) is 12.7 Å². The van der Waals surface area contributed by atoms with Crippen molar-refractivity contribution in [2.75, 3.05) is 6.54 Å². The monoisotopic (exact) mass is 312 g/mol. The van der Waals surface area contributed by atoms with Gasteiger partial charge in [-0.1, -0.05) is 24.6 Å². The molecule has 108 valence electrons. The molecule has 0 radical (unpaired) electrons. The van der Waals surface area contributed by atoms with E-state index in [2.05, 4.69) is 22.6 Å². The van der Waals surface area contributed by atoms with Gasteiger partial charge in [0, 0.05) is 5.38 Å². The van der Waals surface area contributed by atoms with Gasteiger partial charge < -0.3 is 5.32 Å². The number of aromatic nitrogens is 1. The molecule has 1 N–H and O–H groups in total. The van der Waals surface area contributed by atoms with E-state index in [9.17, 15) is 4.39 Å². The maximum absolute atomic E-state index is 13.5. The van der Waals surface area contributed by atoms with Crippen molar-refractivity contribution in [3.63, 3.8) is 0 Å². The second kappa shape index (κ2) is 7.16. The summed E-state index contributed by atoms with van der Waals surface area (Å²) in [6.07, 6.45) is 1.76. The molecule has 0 aliphatic carbocycles. The van der Waals surface area contributed by atoms with Gasteiger partial charge in [0.05, 0.1) is 21.8 Å². The zero-order valence-corrected chi connectivity index (χ0v) is 13.2. The quantitative estimate of drug-likeness (QED) is 0.848. The largest absolute Gasteiger partial charge is 0.308 e. The molecule has 1 unspecified atom stereocenters. The maximum atomic E-state index is 13.5. The molecule has 0 saturated heterocycles. The molecule has 20 heavy (non-hydrogen) atoms. The van der Waals surface area contributed by atoms with Crippen molar-refractivity contribution in [1.82, 2.24) is 10.3 Å². The molecule has 0 fully saturated rings. The van der Waals surface area contributed by atoms with Crippen LogP contribution in [0.25, 0.3) is 0 Å². The van der Waals surface area contributed by atoms with Gasteiger partial charge in [0.1, 0.15) is 5.82 Å². The predicted molar refractivity (Wildman–Crippen MR) is 83.0 cm³/mol. The Hall–Kier alpha value is -0.970. The lowest BCUT2D eigenvalue weighted by molar-refractivity contribution is 0.517. The van der Waals surface area contributed by atoms with Crippen LogP contribution in [0.4, 0.5) is 4.39 Å². The zero-order chi connectivity index (χ0) is 14.5. The van der Waals surface area contributed by atoms with Crippen molar-refractivity contribution in [2.45, 2.75) is 32.7 Å². The fourth-order valence-corrected chi connectivity index (χ4v) is 2.83. The van der Waals surface area contributed by atoms with E-state index in [1.807, 2.05) is 13.0 Å². The minimum absolute atomic E-state index is 0.112. The Balaban J connectivity index is 2.16. The van der Waals surface area contributed by atoms with E-state index in [1.165, 1.54) is 6.07 Å². The Kier molecular flexibility index (Phi) is 5.52. The second-order valence-corrected chi connectivity index (χ2v) is 6.22. The first-order chi connectivity index (χ1) is 9.60. The highest BCUT2D eigenvalue weighted by atomic mass is 35.5. The van der Waals surface area contributed by atoms with Crippen LogP contribution in [0.2, 0.25) is 5.02 Å². The van der Waals surface area contributed by atoms with Gasteiger partial charge in [-0.3, -0.25) is 0 Å². The van der Waals surface area contributed by atoms with Crippen molar-refractivity contribution in [3.8, 4) is 0 Å². The van der Waals surface area contributed by atoms with Crippen LogP contribution < -0.4 is 5.32 Å². The maximum Gasteiger partial charge on any atom is 0.142 e. The minimum atomic E-state index is -0.368. The van der Waals surface area contributed by atoms with Gasteiger partial charge in [-0.25, -0.2) is 9.37 Å². The fraction of sp³-hybridized carbons (Fsp3) is 0.400. The topological polar surface area (TPSA) is 24.9 Å². The van der Waals surface area contributed by atoms with Gasteiger partial charge in [0.25, 0.3) is 0 Å². The number of aryl methyl sites for hydroxylation is 1. The lowest BCUT2D eigenvalue weighted by atomic mass is 10.0. The number of hydrogen-bond acceptors (Lipinski definition) is 3. The van der Waals surface area contributed by atoms with Gasteiger partial charge in [-0.05, 0) is 44.0 Å². The molecule has 0 aliphatic heterocycles. The first-order valence-electron chi connectivity index (χ1n) is 6.69. The summed E-state index contributed by atoms with van der Waals surface area (Å²) in [7, 11) is 0. The second-order valence-electron chi connectivity index (χ2n) is 4.75. The average molecular weight is 313 g/mol. The SMILES string of the molecule is CCCNC(Cc1ccc(Cl)c(F)c1)c1csc(C)n1. The molecule has 2 aromatic rings. The molecular weight excluding hydrogens is 295 g/mol. The van der Waals surface area contributed by atoms with Crippen molar-refractivity contribution >= 4 is 22.9 Å². The standard InChI is InChI=1S/C15H18ClFN2S/c1-3-6-18-14(15-9-20-10(2)19-15)8-11-4-5-12(16)13(17)7-11/h4-5,7,9,14,18H,3,6,8H2,1-2H3. The van der Waals surface area contributed by atoms with Crippen LogP contribution in [0.1, 0.15) is 35.7 Å². The summed E-state index contributed by atoms with van der Waals surface area (Å²) in [5.41, 5.74) is 1.95. The Morgan fingerprint density at radius 2 is 2.25 bits per heavy atom. The first kappa shape index (κ1) is 15.4. The van der Waals surface area contributed by atoms with Gasteiger partial charge in [-0.15, -0.1) is 11.3 Å². The number of halogens is 2. The molecule has 5 heteroatoms.